The molecule has 166 valence electrons. The number of halogens is 2. The number of guanidine groups is 1. The van der Waals surface area contributed by atoms with Crippen LogP contribution in [-0.4, -0.2) is 35.0 Å². The van der Waals surface area contributed by atoms with E-state index in [0.29, 0.717) is 16.6 Å². The highest BCUT2D eigenvalue weighted by Crippen LogP contribution is 2.29. The van der Waals surface area contributed by atoms with Gasteiger partial charge in [-0.2, -0.15) is 4.99 Å². The summed E-state index contributed by atoms with van der Waals surface area (Å²) in [4.78, 5) is 8.65. The maximum Gasteiger partial charge on any atom is 0.221 e. The maximum atomic E-state index is 8.45. The molecule has 0 radical (unpaired) electrons. The first kappa shape index (κ1) is 22.4. The molecule has 2 aromatic carbocycles. The average Bonchev–Trinajstić information content (AvgIpc) is 3.09. The quantitative estimate of drug-likeness (QED) is 0.312. The third kappa shape index (κ3) is 5.31. The molecule has 0 saturated carbocycles. The summed E-state index contributed by atoms with van der Waals surface area (Å²) in [5, 5.41) is 15.3. The second kappa shape index (κ2) is 10.2. The van der Waals surface area contributed by atoms with Crippen molar-refractivity contribution in [1.29, 1.82) is 5.41 Å². The zero-order valence-corrected chi connectivity index (χ0v) is 19.9. The molecule has 1 atom stereocenters. The molecular weight excluding hydrogens is 492 g/mol. The summed E-state index contributed by atoms with van der Waals surface area (Å²) in [6.45, 7) is 0.856. The lowest BCUT2D eigenvalue weighted by atomic mass is 9.93. The predicted molar refractivity (Wildman–Crippen MR) is 133 cm³/mol. The molecule has 3 N–H and O–H groups in total. The van der Waals surface area contributed by atoms with Crippen molar-refractivity contribution < 1.29 is 4.74 Å². The van der Waals surface area contributed by atoms with Crippen LogP contribution in [0.3, 0.4) is 0 Å². The minimum Gasteiger partial charge on any atom is -0.494 e. The molecule has 32 heavy (non-hydrogen) atoms. The number of rotatable bonds is 4. The summed E-state index contributed by atoms with van der Waals surface area (Å²) in [5.41, 5.74) is 2.70. The highest BCUT2D eigenvalue weighted by molar-refractivity contribution is 9.10. The van der Waals surface area contributed by atoms with Crippen LogP contribution in [0.25, 0.3) is 5.69 Å². The number of imidazole rings is 1. The number of hydrogen-bond donors (Lipinski definition) is 3. The van der Waals surface area contributed by atoms with E-state index < -0.39 is 0 Å². The molecule has 1 saturated heterocycles. The SMILES string of the molecule is COc1cc(NC(=N)/N=C2\NCCCCC2c2ccc(Br)cc2)ccc1-n1cnc(Cl)c1. The van der Waals surface area contributed by atoms with E-state index in [1.54, 1.807) is 24.2 Å². The van der Waals surface area contributed by atoms with Crippen molar-refractivity contribution in [3.63, 3.8) is 0 Å². The summed E-state index contributed by atoms with van der Waals surface area (Å²) >= 11 is 9.44. The third-order valence-electron chi connectivity index (χ3n) is 5.33. The molecule has 0 bridgehead atoms. The van der Waals surface area contributed by atoms with Crippen molar-refractivity contribution in [2.45, 2.75) is 25.2 Å². The molecule has 0 amide bonds. The Balaban J connectivity index is 1.54. The van der Waals surface area contributed by atoms with E-state index in [-0.39, 0.29) is 11.9 Å². The zero-order chi connectivity index (χ0) is 22.5. The molecule has 1 aliphatic heterocycles. The second-order valence-electron chi connectivity index (χ2n) is 7.49. The van der Waals surface area contributed by atoms with Gasteiger partial charge >= 0.3 is 0 Å². The lowest BCUT2D eigenvalue weighted by Gasteiger charge is -2.18. The number of benzene rings is 2. The Morgan fingerprint density at radius 3 is 2.81 bits per heavy atom. The van der Waals surface area contributed by atoms with Gasteiger partial charge in [-0.15, -0.1) is 0 Å². The van der Waals surface area contributed by atoms with Crippen molar-refractivity contribution in [1.82, 2.24) is 14.9 Å². The van der Waals surface area contributed by atoms with Gasteiger partial charge in [-0.3, -0.25) is 5.41 Å². The molecule has 0 aliphatic carbocycles. The molecule has 1 unspecified atom stereocenters. The van der Waals surface area contributed by atoms with Gasteiger partial charge in [0.15, 0.2) is 0 Å². The molecule has 1 fully saturated rings. The second-order valence-corrected chi connectivity index (χ2v) is 8.79. The van der Waals surface area contributed by atoms with E-state index in [2.05, 4.69) is 48.7 Å². The van der Waals surface area contributed by atoms with Crippen LogP contribution < -0.4 is 15.4 Å². The number of anilines is 1. The van der Waals surface area contributed by atoms with Gasteiger partial charge in [-0.05, 0) is 42.7 Å². The Morgan fingerprint density at radius 2 is 2.09 bits per heavy atom. The molecule has 0 spiro atoms. The van der Waals surface area contributed by atoms with Crippen LogP contribution in [0.15, 0.2) is 64.5 Å². The van der Waals surface area contributed by atoms with E-state index >= 15 is 0 Å². The van der Waals surface area contributed by atoms with Crippen molar-refractivity contribution in [3.05, 3.63) is 70.2 Å². The van der Waals surface area contributed by atoms with E-state index in [0.717, 1.165) is 41.8 Å². The van der Waals surface area contributed by atoms with Crippen molar-refractivity contribution in [3.8, 4) is 11.4 Å². The first-order valence-corrected chi connectivity index (χ1v) is 11.5. The van der Waals surface area contributed by atoms with Crippen LogP contribution in [0.2, 0.25) is 5.15 Å². The fraction of sp³-hybridized carbons (Fsp3) is 0.261. The number of aromatic nitrogens is 2. The standard InChI is InChI=1S/C23H24BrClN6O/c1-32-20-12-17(9-10-19(20)31-13-21(25)28-14-31)29-23(26)30-22-18(4-2-3-11-27-22)15-5-7-16(24)8-6-15/h5-10,12-14,18H,2-4,11H2,1H3,(H3,26,27,29,30). The fourth-order valence-corrected chi connectivity index (χ4v) is 4.18. The van der Waals surface area contributed by atoms with Crippen molar-refractivity contribution in [2.75, 3.05) is 19.0 Å². The van der Waals surface area contributed by atoms with Crippen LogP contribution in [0.4, 0.5) is 5.69 Å². The van der Waals surface area contributed by atoms with Gasteiger partial charge in [-0.1, -0.05) is 46.1 Å². The number of aliphatic imine (C=N–C) groups is 1. The number of nitrogens with one attached hydrogen (secondary N) is 3. The van der Waals surface area contributed by atoms with Gasteiger partial charge in [0.25, 0.3) is 0 Å². The lowest BCUT2D eigenvalue weighted by molar-refractivity contribution is 0.413. The molecular formula is C23H24BrClN6O. The summed E-state index contributed by atoms with van der Waals surface area (Å²) in [6.07, 6.45) is 6.53. The van der Waals surface area contributed by atoms with E-state index in [1.807, 2.05) is 30.3 Å². The van der Waals surface area contributed by atoms with E-state index in [9.17, 15) is 0 Å². The first-order chi connectivity index (χ1) is 15.5. The Bertz CT molecular complexity index is 1130. The van der Waals surface area contributed by atoms with Crippen LogP contribution in [-0.2, 0) is 0 Å². The molecule has 1 aliphatic rings. The third-order valence-corrected chi connectivity index (χ3v) is 6.06. The maximum absolute atomic E-state index is 8.45. The van der Waals surface area contributed by atoms with Gasteiger partial charge in [0.1, 0.15) is 23.1 Å². The highest BCUT2D eigenvalue weighted by atomic mass is 79.9. The molecule has 7 nitrogen and oxygen atoms in total. The Morgan fingerprint density at radius 1 is 1.28 bits per heavy atom. The predicted octanol–water partition coefficient (Wildman–Crippen LogP) is 5.60. The van der Waals surface area contributed by atoms with Gasteiger partial charge in [0, 0.05) is 34.9 Å². The van der Waals surface area contributed by atoms with Crippen LogP contribution in [0.5, 0.6) is 5.75 Å². The summed E-state index contributed by atoms with van der Waals surface area (Å²) in [6, 6.07) is 13.9. The number of nitrogens with zero attached hydrogens (tertiary/aromatic N) is 3. The van der Waals surface area contributed by atoms with E-state index in [4.69, 9.17) is 21.7 Å². The van der Waals surface area contributed by atoms with Crippen molar-refractivity contribution >= 4 is 45.0 Å². The zero-order valence-electron chi connectivity index (χ0n) is 17.6. The van der Waals surface area contributed by atoms with Crippen LogP contribution >= 0.6 is 27.5 Å². The minimum atomic E-state index is 0.0667. The topological polar surface area (TPSA) is 87.3 Å². The fourth-order valence-electron chi connectivity index (χ4n) is 3.77. The van der Waals surface area contributed by atoms with Gasteiger partial charge < -0.3 is 19.9 Å². The summed E-state index contributed by atoms with van der Waals surface area (Å²) in [7, 11) is 1.60. The average molecular weight is 516 g/mol. The van der Waals surface area contributed by atoms with E-state index in [1.165, 1.54) is 5.56 Å². The number of amidine groups is 1. The summed E-state index contributed by atoms with van der Waals surface area (Å²) in [5.74, 6) is 1.65. The monoisotopic (exact) mass is 514 g/mol. The molecule has 2 heterocycles. The van der Waals surface area contributed by atoms with Gasteiger partial charge in [0.2, 0.25) is 5.96 Å². The Hall–Kier alpha value is -2.84. The van der Waals surface area contributed by atoms with Gasteiger partial charge in [-0.25, -0.2) is 4.98 Å². The largest absolute Gasteiger partial charge is 0.494 e. The van der Waals surface area contributed by atoms with Crippen LogP contribution in [0, 0.1) is 5.41 Å². The molecule has 9 heteroatoms. The van der Waals surface area contributed by atoms with Crippen LogP contribution in [0.1, 0.15) is 30.7 Å². The Kier molecular flexibility index (Phi) is 7.12. The highest BCUT2D eigenvalue weighted by Gasteiger charge is 2.21. The number of hydrogen-bond acceptors (Lipinski definition) is 3. The molecule has 1 aromatic heterocycles. The smallest absolute Gasteiger partial charge is 0.221 e. The molecule has 3 aromatic rings. The van der Waals surface area contributed by atoms with Crippen molar-refractivity contribution in [2.24, 2.45) is 4.99 Å². The summed E-state index contributed by atoms with van der Waals surface area (Å²) < 4.78 is 8.36. The first-order valence-electron chi connectivity index (χ1n) is 10.3. The molecule has 4 rings (SSSR count). The minimum absolute atomic E-state index is 0.0667. The lowest BCUT2D eigenvalue weighted by Crippen LogP contribution is -2.30. The number of ether oxygens (including phenoxy) is 1. The normalized spacial score (nSPS) is 17.5. The Labute approximate surface area is 200 Å². The number of methoxy groups -OCH3 is 1. The van der Waals surface area contributed by atoms with Gasteiger partial charge in [0.05, 0.1) is 12.8 Å².